The molecule has 1 heterocycles. The van der Waals surface area contributed by atoms with Crippen molar-refractivity contribution in [1.29, 1.82) is 0 Å². The standard InChI is InChI=1S/C20H40O/c1-4-5-6-7-8-9-10-11-12-13-15-20(2,3)17-19-14-16-21-18-19/h19H,4-18H2,1-3H3. The zero-order valence-corrected chi connectivity index (χ0v) is 15.1. The van der Waals surface area contributed by atoms with Crippen LogP contribution in [0.25, 0.3) is 0 Å². The molecule has 0 aromatic rings. The van der Waals surface area contributed by atoms with Crippen molar-refractivity contribution in [1.82, 2.24) is 0 Å². The molecule has 0 radical (unpaired) electrons. The van der Waals surface area contributed by atoms with Gasteiger partial charge in [0.1, 0.15) is 0 Å². The molecular weight excluding hydrogens is 256 g/mol. The van der Waals surface area contributed by atoms with Crippen LogP contribution >= 0.6 is 0 Å². The number of hydrogen-bond donors (Lipinski definition) is 0. The molecule has 1 rings (SSSR count). The predicted octanol–water partition coefficient (Wildman–Crippen LogP) is 6.75. The van der Waals surface area contributed by atoms with Gasteiger partial charge in [0.15, 0.2) is 0 Å². The molecule has 0 N–H and O–H groups in total. The summed E-state index contributed by atoms with van der Waals surface area (Å²) in [6.45, 7) is 9.22. The molecule has 21 heavy (non-hydrogen) atoms. The van der Waals surface area contributed by atoms with Gasteiger partial charge in [-0.1, -0.05) is 85.0 Å². The van der Waals surface area contributed by atoms with Gasteiger partial charge in [-0.05, 0) is 30.6 Å². The second-order valence-electron chi connectivity index (χ2n) is 8.03. The third-order valence-electron chi connectivity index (χ3n) is 5.07. The Hall–Kier alpha value is -0.0400. The van der Waals surface area contributed by atoms with Crippen LogP contribution in [0.1, 0.15) is 104 Å². The van der Waals surface area contributed by atoms with E-state index in [0.717, 1.165) is 19.1 Å². The van der Waals surface area contributed by atoms with Crippen molar-refractivity contribution in [2.75, 3.05) is 13.2 Å². The molecular formula is C20H40O. The Morgan fingerprint density at radius 3 is 1.95 bits per heavy atom. The van der Waals surface area contributed by atoms with Gasteiger partial charge in [-0.2, -0.15) is 0 Å². The van der Waals surface area contributed by atoms with Crippen molar-refractivity contribution in [3.63, 3.8) is 0 Å². The highest BCUT2D eigenvalue weighted by atomic mass is 16.5. The second-order valence-corrected chi connectivity index (χ2v) is 8.03. The van der Waals surface area contributed by atoms with Gasteiger partial charge < -0.3 is 4.74 Å². The zero-order valence-electron chi connectivity index (χ0n) is 15.1. The molecule has 0 aromatic carbocycles. The van der Waals surface area contributed by atoms with Gasteiger partial charge in [0, 0.05) is 13.2 Å². The van der Waals surface area contributed by atoms with Crippen molar-refractivity contribution in [3.8, 4) is 0 Å². The van der Waals surface area contributed by atoms with E-state index in [4.69, 9.17) is 4.74 Å². The normalized spacial score (nSPS) is 19.3. The third-order valence-corrected chi connectivity index (χ3v) is 5.07. The van der Waals surface area contributed by atoms with Crippen molar-refractivity contribution in [2.24, 2.45) is 11.3 Å². The lowest BCUT2D eigenvalue weighted by Crippen LogP contribution is -2.17. The smallest absolute Gasteiger partial charge is 0.0495 e. The molecule has 1 atom stereocenters. The maximum Gasteiger partial charge on any atom is 0.0495 e. The van der Waals surface area contributed by atoms with Gasteiger partial charge in [-0.15, -0.1) is 0 Å². The van der Waals surface area contributed by atoms with Gasteiger partial charge in [0.25, 0.3) is 0 Å². The number of rotatable bonds is 13. The van der Waals surface area contributed by atoms with Crippen molar-refractivity contribution < 1.29 is 4.74 Å². The van der Waals surface area contributed by atoms with Gasteiger partial charge in [0.2, 0.25) is 0 Å². The van der Waals surface area contributed by atoms with Crippen molar-refractivity contribution >= 4 is 0 Å². The maximum atomic E-state index is 5.51. The minimum atomic E-state index is 0.526. The quantitative estimate of drug-likeness (QED) is 0.341. The first-order chi connectivity index (χ1) is 10.1. The average molecular weight is 297 g/mol. The molecule has 0 aliphatic carbocycles. The lowest BCUT2D eigenvalue weighted by molar-refractivity contribution is 0.166. The zero-order chi connectivity index (χ0) is 15.4. The Morgan fingerprint density at radius 1 is 0.857 bits per heavy atom. The van der Waals surface area contributed by atoms with Gasteiger partial charge in [-0.3, -0.25) is 0 Å². The summed E-state index contributed by atoms with van der Waals surface area (Å²) in [5, 5.41) is 0. The van der Waals surface area contributed by atoms with Crippen molar-refractivity contribution in [2.45, 2.75) is 104 Å². The fourth-order valence-electron chi connectivity index (χ4n) is 3.72. The molecule has 0 aromatic heterocycles. The minimum Gasteiger partial charge on any atom is -0.381 e. The van der Waals surface area contributed by atoms with E-state index in [0.29, 0.717) is 5.41 Å². The summed E-state index contributed by atoms with van der Waals surface area (Å²) < 4.78 is 5.51. The van der Waals surface area contributed by atoms with Gasteiger partial charge in [-0.25, -0.2) is 0 Å². The molecule has 1 fully saturated rings. The van der Waals surface area contributed by atoms with E-state index in [-0.39, 0.29) is 0 Å². The van der Waals surface area contributed by atoms with E-state index in [1.54, 1.807) is 0 Å². The highest BCUT2D eigenvalue weighted by molar-refractivity contribution is 4.76. The highest BCUT2D eigenvalue weighted by Gasteiger charge is 2.25. The van der Waals surface area contributed by atoms with Crippen molar-refractivity contribution in [3.05, 3.63) is 0 Å². The van der Waals surface area contributed by atoms with Gasteiger partial charge >= 0.3 is 0 Å². The summed E-state index contributed by atoms with van der Waals surface area (Å²) in [4.78, 5) is 0. The predicted molar refractivity (Wildman–Crippen MR) is 93.8 cm³/mol. The molecule has 126 valence electrons. The average Bonchev–Trinajstić information content (AvgIpc) is 2.93. The number of ether oxygens (including phenoxy) is 1. The lowest BCUT2D eigenvalue weighted by atomic mass is 9.78. The van der Waals surface area contributed by atoms with Gasteiger partial charge in [0.05, 0.1) is 0 Å². The van der Waals surface area contributed by atoms with Crippen LogP contribution in [0, 0.1) is 11.3 Å². The topological polar surface area (TPSA) is 9.23 Å². The summed E-state index contributed by atoms with van der Waals surface area (Å²) in [6, 6.07) is 0. The first-order valence-corrected chi connectivity index (χ1v) is 9.72. The van der Waals surface area contributed by atoms with E-state index in [9.17, 15) is 0 Å². The molecule has 0 spiro atoms. The lowest BCUT2D eigenvalue weighted by Gasteiger charge is -2.27. The van der Waals surface area contributed by atoms with E-state index >= 15 is 0 Å². The monoisotopic (exact) mass is 296 g/mol. The van der Waals surface area contributed by atoms with Crippen LogP contribution in [0.4, 0.5) is 0 Å². The Labute approximate surface area is 134 Å². The molecule has 0 saturated carbocycles. The SMILES string of the molecule is CCCCCCCCCCCCC(C)(C)CC1CCOC1. The Balaban J connectivity index is 1.88. The number of unbranched alkanes of at least 4 members (excludes halogenated alkanes) is 9. The third kappa shape index (κ3) is 10.3. The fraction of sp³-hybridized carbons (Fsp3) is 1.00. The molecule has 1 aliphatic rings. The highest BCUT2D eigenvalue weighted by Crippen LogP contribution is 2.34. The fourth-order valence-corrected chi connectivity index (χ4v) is 3.72. The van der Waals surface area contributed by atoms with E-state index in [2.05, 4.69) is 20.8 Å². The first-order valence-electron chi connectivity index (χ1n) is 9.72. The molecule has 1 unspecified atom stereocenters. The number of hydrogen-bond acceptors (Lipinski definition) is 1. The molecule has 1 heteroatoms. The van der Waals surface area contributed by atoms with Crippen LogP contribution < -0.4 is 0 Å². The molecule has 1 aliphatic heterocycles. The minimum absolute atomic E-state index is 0.526. The van der Waals surface area contributed by atoms with Crippen LogP contribution in [-0.2, 0) is 4.74 Å². The van der Waals surface area contributed by atoms with E-state index < -0.39 is 0 Å². The largest absolute Gasteiger partial charge is 0.381 e. The first kappa shape index (κ1) is 19.0. The summed E-state index contributed by atoms with van der Waals surface area (Å²) >= 11 is 0. The molecule has 1 saturated heterocycles. The van der Waals surface area contributed by atoms with Crippen LogP contribution in [0.15, 0.2) is 0 Å². The van der Waals surface area contributed by atoms with Crippen LogP contribution in [0.2, 0.25) is 0 Å². The maximum absolute atomic E-state index is 5.51. The summed E-state index contributed by atoms with van der Waals surface area (Å²) in [5.74, 6) is 0.836. The summed E-state index contributed by atoms with van der Waals surface area (Å²) in [5.41, 5.74) is 0.526. The van der Waals surface area contributed by atoms with E-state index in [1.165, 1.54) is 83.5 Å². The Kier molecular flexibility index (Phi) is 10.4. The summed E-state index contributed by atoms with van der Waals surface area (Å²) in [6.07, 6.45) is 18.5. The van der Waals surface area contributed by atoms with Crippen LogP contribution in [0.3, 0.4) is 0 Å². The molecule has 0 amide bonds. The van der Waals surface area contributed by atoms with Crippen LogP contribution in [-0.4, -0.2) is 13.2 Å². The Bertz CT molecular complexity index is 228. The second kappa shape index (κ2) is 11.5. The van der Waals surface area contributed by atoms with E-state index in [1.807, 2.05) is 0 Å². The molecule has 1 nitrogen and oxygen atoms in total. The Morgan fingerprint density at radius 2 is 1.43 bits per heavy atom. The summed E-state index contributed by atoms with van der Waals surface area (Å²) in [7, 11) is 0. The van der Waals surface area contributed by atoms with Crippen LogP contribution in [0.5, 0.6) is 0 Å². The molecule has 0 bridgehead atoms.